The number of benzene rings is 1. The molecule has 0 saturated heterocycles. The minimum absolute atomic E-state index is 0.0833. The van der Waals surface area contributed by atoms with E-state index in [-0.39, 0.29) is 41.9 Å². The van der Waals surface area contributed by atoms with Crippen LogP contribution in [0.5, 0.6) is 23.0 Å². The Kier molecular flexibility index (Phi) is 5.38. The molecule has 36 heavy (non-hydrogen) atoms. The quantitative estimate of drug-likeness (QED) is 0.234. The van der Waals surface area contributed by atoms with Crippen molar-refractivity contribution in [3.63, 3.8) is 0 Å². The lowest BCUT2D eigenvalue weighted by atomic mass is 9.90. The smallest absolute Gasteiger partial charge is 0.312 e. The maximum atomic E-state index is 13.4. The monoisotopic (exact) mass is 524 g/mol. The van der Waals surface area contributed by atoms with Crippen LogP contribution >= 0.6 is 11.8 Å². The number of aromatic hydroxyl groups is 1. The normalized spacial score (nSPS) is 18.0. The topological polar surface area (TPSA) is 99.9 Å². The van der Waals surface area contributed by atoms with Gasteiger partial charge in [0, 0.05) is 17.2 Å². The van der Waals surface area contributed by atoms with Crippen LogP contribution < -0.4 is 19.8 Å². The molecule has 0 unspecified atom stereocenters. The molecule has 1 aromatic carbocycles. The first kappa shape index (κ1) is 23.4. The van der Waals surface area contributed by atoms with Crippen LogP contribution in [0.15, 0.2) is 21.8 Å². The molecule has 10 heteroatoms. The summed E-state index contributed by atoms with van der Waals surface area (Å²) in [5.74, 6) is 1.01. The molecule has 0 radical (unpaired) electrons. The maximum absolute atomic E-state index is 13.4. The standard InChI is InChI=1S/C26H28N2O6SSi/c1-5-13-8-19(29)34-23-14(13)9-17-21-15(11-28(17)26(23)31)22(30)20-16(27-21)10-18-24(33-7-6-32-18)25(20)35-12-36(2,3)4/h9-10,13H,5-8,11-12H2,1-4H3,(H,27,30)/t13-/m1/s1. The molecule has 6 rings (SSSR count). The molecule has 3 aliphatic rings. The molecular weight excluding hydrogens is 496 g/mol. The lowest BCUT2D eigenvalue weighted by Gasteiger charge is -2.24. The highest BCUT2D eigenvalue weighted by molar-refractivity contribution is 8.01. The third-order valence-electron chi connectivity index (χ3n) is 6.86. The van der Waals surface area contributed by atoms with Crippen molar-refractivity contribution in [1.82, 2.24) is 9.55 Å². The highest BCUT2D eigenvalue weighted by atomic mass is 32.2. The Morgan fingerprint density at radius 1 is 1.17 bits per heavy atom. The van der Waals surface area contributed by atoms with E-state index in [2.05, 4.69) is 19.6 Å². The summed E-state index contributed by atoms with van der Waals surface area (Å²) in [6.45, 7) is 9.95. The van der Waals surface area contributed by atoms with Gasteiger partial charge in [-0.1, -0.05) is 26.6 Å². The zero-order valence-corrected chi connectivity index (χ0v) is 22.6. The van der Waals surface area contributed by atoms with Gasteiger partial charge in [-0.25, -0.2) is 4.98 Å². The Labute approximate surface area is 213 Å². The molecule has 2 aromatic heterocycles. The highest BCUT2D eigenvalue weighted by Gasteiger charge is 2.35. The number of nitrogens with zero attached hydrogens (tertiary/aromatic N) is 2. The number of esters is 1. The molecule has 5 heterocycles. The summed E-state index contributed by atoms with van der Waals surface area (Å²) in [6.07, 6.45) is 0.964. The SMILES string of the molecule is CC[C@@H]1CC(=O)Oc2c1cc1n(c2=O)Cc2c-1nc1cc3c(c(SC[Si](C)(C)C)c1c2O)OCCO3. The van der Waals surface area contributed by atoms with Gasteiger partial charge in [-0.15, -0.1) is 11.8 Å². The molecule has 3 aliphatic heterocycles. The van der Waals surface area contributed by atoms with Gasteiger partial charge in [-0.05, 0) is 23.8 Å². The zero-order valence-electron chi connectivity index (χ0n) is 20.8. The second-order valence-corrected chi connectivity index (χ2v) is 17.7. The predicted octanol–water partition coefficient (Wildman–Crippen LogP) is 4.67. The van der Waals surface area contributed by atoms with E-state index in [0.29, 0.717) is 52.6 Å². The van der Waals surface area contributed by atoms with Gasteiger partial charge in [0.25, 0.3) is 5.56 Å². The number of carbonyl (C=O) groups excluding carboxylic acids is 1. The number of pyridine rings is 2. The first-order valence-corrected chi connectivity index (χ1v) is 16.9. The van der Waals surface area contributed by atoms with Crippen molar-refractivity contribution in [1.29, 1.82) is 0 Å². The van der Waals surface area contributed by atoms with Crippen molar-refractivity contribution in [3.05, 3.63) is 33.6 Å². The van der Waals surface area contributed by atoms with Crippen molar-refractivity contribution in [2.75, 3.05) is 18.6 Å². The molecule has 1 atom stereocenters. The highest BCUT2D eigenvalue weighted by Crippen LogP contribution is 2.51. The van der Waals surface area contributed by atoms with Crippen LogP contribution in [0.1, 0.15) is 36.8 Å². The van der Waals surface area contributed by atoms with Gasteiger partial charge in [0.15, 0.2) is 17.2 Å². The van der Waals surface area contributed by atoms with E-state index in [9.17, 15) is 14.7 Å². The summed E-state index contributed by atoms with van der Waals surface area (Å²) in [5.41, 5.74) is 2.77. The summed E-state index contributed by atoms with van der Waals surface area (Å²) >= 11 is 1.67. The fraction of sp³-hybridized carbons (Fsp3) is 0.423. The van der Waals surface area contributed by atoms with Crippen LogP contribution in [-0.4, -0.2) is 47.3 Å². The Bertz CT molecular complexity index is 1510. The van der Waals surface area contributed by atoms with Gasteiger partial charge in [-0.2, -0.15) is 0 Å². The number of hydrogen-bond donors (Lipinski definition) is 1. The summed E-state index contributed by atoms with van der Waals surface area (Å²) in [4.78, 5) is 31.3. The Morgan fingerprint density at radius 2 is 1.94 bits per heavy atom. The van der Waals surface area contributed by atoms with E-state index in [4.69, 9.17) is 19.2 Å². The zero-order chi connectivity index (χ0) is 25.4. The molecule has 0 bridgehead atoms. The van der Waals surface area contributed by atoms with Crippen LogP contribution in [0.4, 0.5) is 0 Å². The van der Waals surface area contributed by atoms with Gasteiger partial charge in [0.1, 0.15) is 19.0 Å². The van der Waals surface area contributed by atoms with Gasteiger partial charge >= 0.3 is 5.97 Å². The van der Waals surface area contributed by atoms with Crippen molar-refractivity contribution < 1.29 is 24.1 Å². The van der Waals surface area contributed by atoms with E-state index in [1.807, 2.05) is 19.1 Å². The fourth-order valence-electron chi connectivity index (χ4n) is 5.09. The molecule has 0 aliphatic carbocycles. The van der Waals surface area contributed by atoms with E-state index in [1.54, 1.807) is 16.3 Å². The number of thioether (sulfide) groups is 1. The maximum Gasteiger partial charge on any atom is 0.312 e. The third kappa shape index (κ3) is 3.61. The molecule has 1 N–H and O–H groups in total. The van der Waals surface area contributed by atoms with Crippen LogP contribution in [0, 0.1) is 0 Å². The largest absolute Gasteiger partial charge is 0.507 e. The fourth-order valence-corrected chi connectivity index (χ4v) is 8.04. The summed E-state index contributed by atoms with van der Waals surface area (Å²) in [5, 5.41) is 13.2. The molecular formula is C26H28N2O6SSi. The number of aromatic nitrogens is 2. The number of rotatable bonds is 4. The van der Waals surface area contributed by atoms with Crippen molar-refractivity contribution in [3.8, 4) is 34.4 Å². The number of fused-ring (bicyclic) bond motifs is 6. The Morgan fingerprint density at radius 3 is 2.69 bits per heavy atom. The molecule has 0 saturated carbocycles. The number of hydrogen-bond acceptors (Lipinski definition) is 8. The van der Waals surface area contributed by atoms with Crippen molar-refractivity contribution >= 4 is 36.7 Å². The van der Waals surface area contributed by atoms with Crippen molar-refractivity contribution in [2.24, 2.45) is 0 Å². The lowest BCUT2D eigenvalue weighted by Crippen LogP contribution is -2.29. The molecule has 0 amide bonds. The van der Waals surface area contributed by atoms with E-state index in [1.165, 1.54) is 0 Å². The van der Waals surface area contributed by atoms with Crippen LogP contribution in [-0.2, 0) is 11.3 Å². The summed E-state index contributed by atoms with van der Waals surface area (Å²) in [7, 11) is -1.42. The third-order valence-corrected chi connectivity index (χ3v) is 11.6. The van der Waals surface area contributed by atoms with Crippen molar-refractivity contribution in [2.45, 2.75) is 56.8 Å². The molecule has 8 nitrogen and oxygen atoms in total. The molecule has 0 spiro atoms. The van der Waals surface area contributed by atoms with Gasteiger partial charge in [-0.3, -0.25) is 14.2 Å². The van der Waals surface area contributed by atoms with Crippen LogP contribution in [0.3, 0.4) is 0 Å². The first-order chi connectivity index (χ1) is 17.2. The summed E-state index contributed by atoms with van der Waals surface area (Å²) in [6, 6.07) is 3.72. The average molecular weight is 525 g/mol. The minimum Gasteiger partial charge on any atom is -0.507 e. The Hall–Kier alpha value is -2.98. The van der Waals surface area contributed by atoms with Crippen LogP contribution in [0.2, 0.25) is 19.6 Å². The summed E-state index contributed by atoms with van der Waals surface area (Å²) < 4.78 is 18.9. The van der Waals surface area contributed by atoms with E-state index < -0.39 is 8.07 Å². The number of ether oxygens (including phenoxy) is 3. The van der Waals surface area contributed by atoms with Gasteiger partial charge < -0.3 is 19.3 Å². The molecule has 3 aromatic rings. The Balaban J connectivity index is 1.58. The molecule has 188 valence electrons. The lowest BCUT2D eigenvalue weighted by molar-refractivity contribution is -0.136. The minimum atomic E-state index is -1.42. The van der Waals surface area contributed by atoms with Gasteiger partial charge in [0.2, 0.25) is 0 Å². The van der Waals surface area contributed by atoms with Gasteiger partial charge in [0.05, 0.1) is 48.2 Å². The first-order valence-electron chi connectivity index (χ1n) is 12.3. The van der Waals surface area contributed by atoms with Crippen LogP contribution in [0.25, 0.3) is 22.3 Å². The van der Waals surface area contributed by atoms with E-state index in [0.717, 1.165) is 22.3 Å². The number of carbonyl (C=O) groups is 1. The van der Waals surface area contributed by atoms with E-state index >= 15 is 0 Å². The second kappa shape index (κ2) is 8.27. The second-order valence-electron chi connectivity index (χ2n) is 10.7. The predicted molar refractivity (Wildman–Crippen MR) is 141 cm³/mol. The average Bonchev–Trinajstić information content (AvgIpc) is 3.20. The molecule has 0 fully saturated rings.